The van der Waals surface area contributed by atoms with E-state index in [9.17, 15) is 14.4 Å². The minimum absolute atomic E-state index is 0.0472. The van der Waals surface area contributed by atoms with E-state index in [1.807, 2.05) is 13.8 Å². The van der Waals surface area contributed by atoms with E-state index in [-0.39, 0.29) is 23.3 Å². The van der Waals surface area contributed by atoms with Crippen molar-refractivity contribution in [2.45, 2.75) is 25.1 Å². The SMILES string of the molecule is CC(C)n1[nH]c(=O)c2c1NC(=O)CS[C@H]2c1ccccc1OCC(=O)O. The summed E-state index contributed by atoms with van der Waals surface area (Å²) in [5.41, 5.74) is 0.797. The molecule has 0 bridgehead atoms. The second kappa shape index (κ2) is 7.28. The summed E-state index contributed by atoms with van der Waals surface area (Å²) >= 11 is 1.30. The van der Waals surface area contributed by atoms with Gasteiger partial charge in [0, 0.05) is 11.6 Å². The quantitative estimate of drug-likeness (QED) is 0.734. The van der Waals surface area contributed by atoms with Gasteiger partial charge in [0.25, 0.3) is 5.56 Å². The van der Waals surface area contributed by atoms with E-state index in [1.165, 1.54) is 11.8 Å². The number of nitrogens with zero attached hydrogens (tertiary/aromatic N) is 1. The van der Waals surface area contributed by atoms with Crippen molar-refractivity contribution >= 4 is 29.5 Å². The molecule has 1 aliphatic rings. The maximum absolute atomic E-state index is 12.6. The lowest BCUT2D eigenvalue weighted by atomic mass is 10.0. The highest BCUT2D eigenvalue weighted by molar-refractivity contribution is 8.00. The standard InChI is InChI=1S/C17H19N3O5S/c1-9(2)20-16-14(17(24)19-20)15(26-8-12(21)18-16)10-5-3-4-6-11(10)25-7-13(22)23/h3-6,9,15H,7-8H2,1-2H3,(H,18,21)(H,19,24)(H,22,23)/t15-/m0/s1. The zero-order valence-corrected chi connectivity index (χ0v) is 15.1. The molecule has 3 N–H and O–H groups in total. The summed E-state index contributed by atoms with van der Waals surface area (Å²) in [4.78, 5) is 35.6. The molecule has 138 valence electrons. The number of rotatable bonds is 5. The van der Waals surface area contributed by atoms with E-state index in [0.717, 1.165) is 0 Å². The Balaban J connectivity index is 2.12. The van der Waals surface area contributed by atoms with Crippen LogP contribution in [0.4, 0.5) is 5.82 Å². The fourth-order valence-electron chi connectivity index (χ4n) is 2.84. The third kappa shape index (κ3) is 3.48. The van der Waals surface area contributed by atoms with Gasteiger partial charge in [0.2, 0.25) is 5.91 Å². The summed E-state index contributed by atoms with van der Waals surface area (Å²) in [6, 6.07) is 6.91. The Hall–Kier alpha value is -2.68. The number of fused-ring (bicyclic) bond motifs is 1. The Kier molecular flexibility index (Phi) is 5.08. The van der Waals surface area contributed by atoms with E-state index < -0.39 is 17.8 Å². The van der Waals surface area contributed by atoms with Gasteiger partial charge in [-0.3, -0.25) is 19.4 Å². The number of H-pyrrole nitrogens is 1. The summed E-state index contributed by atoms with van der Waals surface area (Å²) in [5, 5.41) is 14.0. The molecule has 2 aromatic rings. The largest absolute Gasteiger partial charge is 0.482 e. The first-order valence-electron chi connectivity index (χ1n) is 8.08. The van der Waals surface area contributed by atoms with Crippen LogP contribution in [-0.2, 0) is 9.59 Å². The van der Waals surface area contributed by atoms with Gasteiger partial charge in [-0.25, -0.2) is 4.79 Å². The molecule has 1 atom stereocenters. The molecule has 0 saturated heterocycles. The molecule has 1 aromatic carbocycles. The van der Waals surface area contributed by atoms with Crippen molar-refractivity contribution in [2.75, 3.05) is 17.7 Å². The molecule has 0 unspecified atom stereocenters. The van der Waals surface area contributed by atoms with Gasteiger partial charge in [0.05, 0.1) is 16.6 Å². The smallest absolute Gasteiger partial charge is 0.341 e. The fourth-order valence-corrected chi connectivity index (χ4v) is 3.99. The Morgan fingerprint density at radius 1 is 1.38 bits per heavy atom. The van der Waals surface area contributed by atoms with Crippen LogP contribution in [0.15, 0.2) is 29.1 Å². The van der Waals surface area contributed by atoms with E-state index in [0.29, 0.717) is 22.7 Å². The van der Waals surface area contributed by atoms with Crippen LogP contribution in [0.1, 0.15) is 36.3 Å². The van der Waals surface area contributed by atoms with Gasteiger partial charge < -0.3 is 15.2 Å². The lowest BCUT2D eigenvalue weighted by molar-refractivity contribution is -0.139. The number of para-hydroxylation sites is 1. The molecule has 1 amide bonds. The average molecular weight is 377 g/mol. The molecule has 1 aromatic heterocycles. The van der Waals surface area contributed by atoms with Crippen molar-refractivity contribution in [1.82, 2.24) is 9.78 Å². The van der Waals surface area contributed by atoms with E-state index in [2.05, 4.69) is 10.4 Å². The van der Waals surface area contributed by atoms with Crippen molar-refractivity contribution in [1.29, 1.82) is 0 Å². The number of aliphatic carboxylic acids is 1. The monoisotopic (exact) mass is 377 g/mol. The minimum atomic E-state index is -1.09. The van der Waals surface area contributed by atoms with Gasteiger partial charge in [-0.15, -0.1) is 11.8 Å². The van der Waals surface area contributed by atoms with Crippen LogP contribution in [0.3, 0.4) is 0 Å². The first kappa shape index (κ1) is 18.1. The highest BCUT2D eigenvalue weighted by Crippen LogP contribution is 2.43. The molecule has 0 saturated carbocycles. The number of aromatic nitrogens is 2. The molecule has 0 radical (unpaired) electrons. The average Bonchev–Trinajstić information content (AvgIpc) is 2.80. The predicted octanol–water partition coefficient (Wildman–Crippen LogP) is 2.00. The van der Waals surface area contributed by atoms with Crippen molar-refractivity contribution in [2.24, 2.45) is 0 Å². The van der Waals surface area contributed by atoms with Gasteiger partial charge in [-0.2, -0.15) is 0 Å². The lowest BCUT2D eigenvalue weighted by Crippen LogP contribution is -2.17. The zero-order valence-electron chi connectivity index (χ0n) is 14.3. The third-order valence-electron chi connectivity index (χ3n) is 3.93. The molecule has 0 aliphatic carbocycles. The molecule has 0 fully saturated rings. The molecular formula is C17H19N3O5S. The molecule has 9 heteroatoms. The molecule has 3 rings (SSSR count). The Morgan fingerprint density at radius 2 is 2.12 bits per heavy atom. The van der Waals surface area contributed by atoms with Crippen molar-refractivity contribution in [3.05, 3.63) is 45.7 Å². The number of carboxylic acids is 1. The van der Waals surface area contributed by atoms with Gasteiger partial charge in [0.15, 0.2) is 6.61 Å². The first-order valence-corrected chi connectivity index (χ1v) is 9.12. The fraction of sp³-hybridized carbons (Fsp3) is 0.353. The Morgan fingerprint density at radius 3 is 2.81 bits per heavy atom. The summed E-state index contributed by atoms with van der Waals surface area (Å²) in [6.45, 7) is 3.32. The highest BCUT2D eigenvalue weighted by atomic mass is 32.2. The molecule has 8 nitrogen and oxygen atoms in total. The molecule has 2 heterocycles. The second-order valence-corrected chi connectivity index (χ2v) is 7.22. The van der Waals surface area contributed by atoms with Crippen LogP contribution < -0.4 is 15.6 Å². The number of anilines is 1. The van der Waals surface area contributed by atoms with E-state index >= 15 is 0 Å². The van der Waals surface area contributed by atoms with Crippen LogP contribution >= 0.6 is 11.8 Å². The van der Waals surface area contributed by atoms with Crippen LogP contribution in [0.2, 0.25) is 0 Å². The van der Waals surface area contributed by atoms with Crippen molar-refractivity contribution in [3.8, 4) is 5.75 Å². The zero-order chi connectivity index (χ0) is 18.8. The predicted molar refractivity (Wildman–Crippen MR) is 97.9 cm³/mol. The molecule has 1 aliphatic heterocycles. The maximum Gasteiger partial charge on any atom is 0.341 e. The number of nitrogens with one attached hydrogen (secondary N) is 2. The molecule has 26 heavy (non-hydrogen) atoms. The number of thioether (sulfide) groups is 1. The number of carboxylic acid groups (broad SMARTS) is 1. The van der Waals surface area contributed by atoms with Crippen LogP contribution in [0, 0.1) is 0 Å². The van der Waals surface area contributed by atoms with Crippen molar-refractivity contribution in [3.63, 3.8) is 0 Å². The number of ether oxygens (including phenoxy) is 1. The first-order chi connectivity index (χ1) is 12.4. The second-order valence-electron chi connectivity index (χ2n) is 6.13. The Labute approximate surface area is 153 Å². The van der Waals surface area contributed by atoms with Crippen LogP contribution in [-0.4, -0.2) is 39.1 Å². The summed E-state index contributed by atoms with van der Waals surface area (Å²) in [6.07, 6.45) is 0. The summed E-state index contributed by atoms with van der Waals surface area (Å²) in [7, 11) is 0. The third-order valence-corrected chi connectivity index (χ3v) is 5.18. The summed E-state index contributed by atoms with van der Waals surface area (Å²) < 4.78 is 7.03. The topological polar surface area (TPSA) is 113 Å². The molecule has 0 spiro atoms. The number of aromatic amines is 1. The highest BCUT2D eigenvalue weighted by Gasteiger charge is 2.32. The van der Waals surface area contributed by atoms with E-state index in [4.69, 9.17) is 9.84 Å². The number of hydrogen-bond acceptors (Lipinski definition) is 5. The van der Waals surface area contributed by atoms with Crippen LogP contribution in [0.5, 0.6) is 5.75 Å². The number of carbonyl (C=O) groups is 2. The van der Waals surface area contributed by atoms with E-state index in [1.54, 1.807) is 28.9 Å². The normalized spacial score (nSPS) is 16.7. The van der Waals surface area contributed by atoms with Gasteiger partial charge in [0.1, 0.15) is 11.6 Å². The van der Waals surface area contributed by atoms with Crippen molar-refractivity contribution < 1.29 is 19.4 Å². The number of hydrogen-bond donors (Lipinski definition) is 3. The number of amides is 1. The van der Waals surface area contributed by atoms with Gasteiger partial charge in [-0.05, 0) is 19.9 Å². The lowest BCUT2D eigenvalue weighted by Gasteiger charge is -2.18. The number of benzene rings is 1. The summed E-state index contributed by atoms with van der Waals surface area (Å²) in [5.74, 6) is -0.294. The van der Waals surface area contributed by atoms with Gasteiger partial charge >= 0.3 is 5.97 Å². The van der Waals surface area contributed by atoms with Gasteiger partial charge in [-0.1, -0.05) is 18.2 Å². The van der Waals surface area contributed by atoms with Crippen LogP contribution in [0.25, 0.3) is 0 Å². The molecular weight excluding hydrogens is 358 g/mol. The Bertz CT molecular complexity index is 902. The minimum Gasteiger partial charge on any atom is -0.482 e. The maximum atomic E-state index is 12.6. The number of carbonyl (C=O) groups excluding carboxylic acids is 1.